The lowest BCUT2D eigenvalue weighted by Gasteiger charge is -2.06. The van der Waals surface area contributed by atoms with Crippen molar-refractivity contribution in [3.63, 3.8) is 0 Å². The molecule has 1 aromatic rings. The number of nitrogens with two attached hydrogens (primary N) is 1. The zero-order valence-corrected chi connectivity index (χ0v) is 8.83. The van der Waals surface area contributed by atoms with E-state index in [1.165, 1.54) is 19.1 Å². The maximum absolute atomic E-state index is 13.3. The van der Waals surface area contributed by atoms with E-state index in [-0.39, 0.29) is 30.1 Å². The van der Waals surface area contributed by atoms with Crippen LogP contribution in [0.3, 0.4) is 0 Å². The van der Waals surface area contributed by atoms with Crippen molar-refractivity contribution in [1.82, 2.24) is 0 Å². The molecule has 0 aromatic heterocycles. The molecule has 0 aliphatic heterocycles. The Balaban J connectivity index is 2.66. The van der Waals surface area contributed by atoms with Gasteiger partial charge in [0.15, 0.2) is 5.78 Å². The number of ether oxygens (including phenoxy) is 1. The molecule has 0 bridgehead atoms. The van der Waals surface area contributed by atoms with Crippen LogP contribution in [0.4, 0.5) is 4.39 Å². The summed E-state index contributed by atoms with van der Waals surface area (Å²) in [5.41, 5.74) is 4.93. The Hall–Kier alpha value is -1.91. The Bertz CT molecular complexity index is 418. The maximum Gasteiger partial charge on any atom is 0.220 e. The molecular formula is C11H12FNO3. The second-order valence-corrected chi connectivity index (χ2v) is 3.26. The molecule has 0 atom stereocenters. The first-order valence-corrected chi connectivity index (χ1v) is 4.72. The van der Waals surface area contributed by atoms with Crippen LogP contribution in [0, 0.1) is 5.82 Å². The summed E-state index contributed by atoms with van der Waals surface area (Å²) < 4.78 is 18.4. The predicted molar refractivity (Wildman–Crippen MR) is 55.7 cm³/mol. The normalized spacial score (nSPS) is 9.88. The molecule has 1 amide bonds. The van der Waals surface area contributed by atoms with Gasteiger partial charge in [-0.15, -0.1) is 0 Å². The van der Waals surface area contributed by atoms with Crippen molar-refractivity contribution in [2.24, 2.45) is 5.73 Å². The lowest BCUT2D eigenvalue weighted by molar-refractivity contribution is -0.118. The van der Waals surface area contributed by atoms with Crippen LogP contribution in [0.2, 0.25) is 0 Å². The molecule has 0 aliphatic rings. The molecule has 0 heterocycles. The van der Waals surface area contributed by atoms with E-state index in [0.29, 0.717) is 0 Å². The third-order valence-electron chi connectivity index (χ3n) is 1.94. The topological polar surface area (TPSA) is 69.4 Å². The molecule has 4 nitrogen and oxygen atoms in total. The number of Topliss-reactive ketones (excluding diaryl/α,β-unsaturated/α-hetero) is 1. The van der Waals surface area contributed by atoms with Gasteiger partial charge in [0.05, 0.1) is 18.6 Å². The van der Waals surface area contributed by atoms with Crippen LogP contribution in [-0.4, -0.2) is 18.3 Å². The van der Waals surface area contributed by atoms with E-state index in [0.717, 1.165) is 6.07 Å². The molecule has 16 heavy (non-hydrogen) atoms. The summed E-state index contributed by atoms with van der Waals surface area (Å²) in [4.78, 5) is 21.4. The molecular weight excluding hydrogens is 213 g/mol. The average Bonchev–Trinajstić information content (AvgIpc) is 2.16. The number of carbonyl (C=O) groups is 2. The van der Waals surface area contributed by atoms with Gasteiger partial charge in [0.25, 0.3) is 0 Å². The van der Waals surface area contributed by atoms with E-state index in [1.807, 2.05) is 0 Å². The highest BCUT2D eigenvalue weighted by Gasteiger charge is 2.08. The van der Waals surface area contributed by atoms with Crippen LogP contribution < -0.4 is 10.5 Å². The van der Waals surface area contributed by atoms with Gasteiger partial charge >= 0.3 is 0 Å². The van der Waals surface area contributed by atoms with Crippen LogP contribution in [0.5, 0.6) is 5.75 Å². The molecule has 2 N–H and O–H groups in total. The lowest BCUT2D eigenvalue weighted by Crippen LogP contribution is -2.14. The maximum atomic E-state index is 13.3. The first kappa shape index (κ1) is 12.2. The van der Waals surface area contributed by atoms with E-state index in [1.54, 1.807) is 0 Å². The van der Waals surface area contributed by atoms with Crippen molar-refractivity contribution in [3.8, 4) is 5.75 Å². The van der Waals surface area contributed by atoms with Gasteiger partial charge in [0.2, 0.25) is 5.91 Å². The standard InChI is InChI=1S/C11H12FNO3/c1-7(14)9-3-2-8(6-10(9)12)16-5-4-11(13)15/h2-3,6H,4-5H2,1H3,(H2,13,15). The number of hydrogen-bond donors (Lipinski definition) is 1. The first-order chi connectivity index (χ1) is 7.50. The van der Waals surface area contributed by atoms with Gasteiger partial charge in [-0.2, -0.15) is 0 Å². The number of ketones is 1. The van der Waals surface area contributed by atoms with Crippen molar-refractivity contribution in [1.29, 1.82) is 0 Å². The van der Waals surface area contributed by atoms with E-state index >= 15 is 0 Å². The Kier molecular flexibility index (Phi) is 3.99. The molecule has 0 radical (unpaired) electrons. The van der Waals surface area contributed by atoms with E-state index in [2.05, 4.69) is 0 Å². The molecule has 0 spiro atoms. The van der Waals surface area contributed by atoms with Gasteiger partial charge in [0.1, 0.15) is 11.6 Å². The summed E-state index contributed by atoms with van der Waals surface area (Å²) in [6, 6.07) is 3.93. The number of halogens is 1. The highest BCUT2D eigenvalue weighted by atomic mass is 19.1. The fourth-order valence-corrected chi connectivity index (χ4v) is 1.14. The molecule has 86 valence electrons. The smallest absolute Gasteiger partial charge is 0.220 e. The monoisotopic (exact) mass is 225 g/mol. The summed E-state index contributed by atoms with van der Waals surface area (Å²) in [5, 5.41) is 0. The summed E-state index contributed by atoms with van der Waals surface area (Å²) in [7, 11) is 0. The Morgan fingerprint density at radius 2 is 2.12 bits per heavy atom. The van der Waals surface area contributed by atoms with E-state index in [9.17, 15) is 14.0 Å². The first-order valence-electron chi connectivity index (χ1n) is 4.72. The fraction of sp³-hybridized carbons (Fsp3) is 0.273. The molecule has 0 aliphatic carbocycles. The number of amides is 1. The van der Waals surface area contributed by atoms with E-state index in [4.69, 9.17) is 10.5 Å². The summed E-state index contributed by atoms with van der Waals surface area (Å²) in [5.74, 6) is -1.20. The van der Waals surface area contributed by atoms with Gasteiger partial charge in [-0.05, 0) is 19.1 Å². The van der Waals surface area contributed by atoms with Gasteiger partial charge in [-0.1, -0.05) is 0 Å². The quantitative estimate of drug-likeness (QED) is 0.767. The van der Waals surface area contributed by atoms with Crippen molar-refractivity contribution in [2.75, 3.05) is 6.61 Å². The molecule has 1 aromatic carbocycles. The molecule has 1 rings (SSSR count). The van der Waals surface area contributed by atoms with Crippen LogP contribution in [0.25, 0.3) is 0 Å². The Labute approximate surface area is 92.2 Å². The highest BCUT2D eigenvalue weighted by molar-refractivity contribution is 5.94. The molecule has 0 saturated heterocycles. The third kappa shape index (κ3) is 3.34. The van der Waals surface area contributed by atoms with Crippen LogP contribution in [-0.2, 0) is 4.79 Å². The van der Waals surface area contributed by atoms with Crippen LogP contribution >= 0.6 is 0 Å². The van der Waals surface area contributed by atoms with Crippen molar-refractivity contribution >= 4 is 11.7 Å². The number of carbonyl (C=O) groups excluding carboxylic acids is 2. The number of benzene rings is 1. The Morgan fingerprint density at radius 3 is 2.62 bits per heavy atom. The van der Waals surface area contributed by atoms with Crippen LogP contribution in [0.15, 0.2) is 18.2 Å². The SMILES string of the molecule is CC(=O)c1ccc(OCCC(N)=O)cc1F. The molecule has 0 unspecified atom stereocenters. The van der Waals surface area contributed by atoms with Crippen molar-refractivity contribution < 1.29 is 18.7 Å². The summed E-state index contributed by atoms with van der Waals surface area (Å²) in [6.07, 6.45) is 0.0656. The molecule has 0 fully saturated rings. The summed E-state index contributed by atoms with van der Waals surface area (Å²) >= 11 is 0. The number of primary amides is 1. The number of hydrogen-bond acceptors (Lipinski definition) is 3. The van der Waals surface area contributed by atoms with Crippen LogP contribution in [0.1, 0.15) is 23.7 Å². The zero-order chi connectivity index (χ0) is 12.1. The minimum atomic E-state index is -0.635. The highest BCUT2D eigenvalue weighted by Crippen LogP contribution is 2.17. The minimum Gasteiger partial charge on any atom is -0.493 e. The van der Waals surface area contributed by atoms with Crippen molar-refractivity contribution in [3.05, 3.63) is 29.6 Å². The summed E-state index contributed by atoms with van der Waals surface area (Å²) in [6.45, 7) is 1.38. The van der Waals surface area contributed by atoms with Gasteiger partial charge in [0, 0.05) is 6.07 Å². The molecule has 5 heteroatoms. The predicted octanol–water partition coefficient (Wildman–Crippen LogP) is 1.28. The van der Waals surface area contributed by atoms with E-state index < -0.39 is 11.7 Å². The largest absolute Gasteiger partial charge is 0.493 e. The fourth-order valence-electron chi connectivity index (χ4n) is 1.14. The van der Waals surface area contributed by atoms with Gasteiger partial charge in [-0.3, -0.25) is 9.59 Å². The molecule has 0 saturated carbocycles. The third-order valence-corrected chi connectivity index (χ3v) is 1.94. The average molecular weight is 225 g/mol. The Morgan fingerprint density at radius 1 is 1.44 bits per heavy atom. The minimum absolute atomic E-state index is 0.0160. The lowest BCUT2D eigenvalue weighted by atomic mass is 10.1. The van der Waals surface area contributed by atoms with Gasteiger partial charge in [-0.25, -0.2) is 4.39 Å². The van der Waals surface area contributed by atoms with Crippen molar-refractivity contribution in [2.45, 2.75) is 13.3 Å². The number of rotatable bonds is 5. The zero-order valence-electron chi connectivity index (χ0n) is 8.83. The van der Waals surface area contributed by atoms with Gasteiger partial charge < -0.3 is 10.5 Å². The second kappa shape index (κ2) is 5.25. The second-order valence-electron chi connectivity index (χ2n) is 3.26.